The molecule has 0 amide bonds. The van der Waals surface area contributed by atoms with Crippen LogP contribution in [0, 0.1) is 17.8 Å². The van der Waals surface area contributed by atoms with Gasteiger partial charge < -0.3 is 9.47 Å². The van der Waals surface area contributed by atoms with Gasteiger partial charge in [0.2, 0.25) is 0 Å². The molecular formula is C27H54N4O2. The second kappa shape index (κ2) is 14.4. The van der Waals surface area contributed by atoms with Gasteiger partial charge in [-0.05, 0) is 43.7 Å². The molecule has 2 aliphatic heterocycles. The maximum Gasteiger partial charge on any atom is 0.0638 e. The van der Waals surface area contributed by atoms with Gasteiger partial charge in [-0.15, -0.1) is 0 Å². The molecule has 1 aliphatic carbocycles. The average molecular weight is 467 g/mol. The van der Waals surface area contributed by atoms with Gasteiger partial charge >= 0.3 is 0 Å². The zero-order valence-corrected chi connectivity index (χ0v) is 22.5. The second-order valence-corrected chi connectivity index (χ2v) is 11.2. The highest BCUT2D eigenvalue weighted by Crippen LogP contribution is 2.35. The Balaban J connectivity index is 1.45. The van der Waals surface area contributed by atoms with Crippen molar-refractivity contribution in [3.05, 3.63) is 0 Å². The molecule has 3 rings (SSSR count). The molecule has 3 fully saturated rings. The minimum Gasteiger partial charge on any atom is -0.379 e. The molecule has 2 saturated heterocycles. The van der Waals surface area contributed by atoms with Crippen LogP contribution in [0.1, 0.15) is 53.9 Å². The summed E-state index contributed by atoms with van der Waals surface area (Å²) in [5.74, 6) is 2.26. The van der Waals surface area contributed by atoms with Crippen LogP contribution in [-0.4, -0.2) is 124 Å². The van der Waals surface area contributed by atoms with Gasteiger partial charge in [0.1, 0.15) is 0 Å². The molecule has 0 aromatic carbocycles. The highest BCUT2D eigenvalue weighted by molar-refractivity contribution is 4.84. The molecule has 0 spiro atoms. The summed E-state index contributed by atoms with van der Waals surface area (Å²) in [5.41, 5.74) is 0. The lowest BCUT2D eigenvalue weighted by molar-refractivity contribution is -0.0638. The predicted octanol–water partition coefficient (Wildman–Crippen LogP) is 3.12. The molecule has 0 bridgehead atoms. The molecule has 6 nitrogen and oxygen atoms in total. The van der Waals surface area contributed by atoms with Crippen molar-refractivity contribution in [1.29, 1.82) is 0 Å². The third-order valence-corrected chi connectivity index (χ3v) is 8.56. The average Bonchev–Trinajstić information content (AvgIpc) is 2.83. The van der Waals surface area contributed by atoms with E-state index >= 15 is 0 Å². The molecule has 4 unspecified atom stereocenters. The Labute approximate surface area is 204 Å². The summed E-state index contributed by atoms with van der Waals surface area (Å²) in [7, 11) is 0. The van der Waals surface area contributed by atoms with Crippen molar-refractivity contribution in [3.8, 4) is 0 Å². The lowest BCUT2D eigenvalue weighted by Gasteiger charge is -2.41. The van der Waals surface area contributed by atoms with E-state index in [0.29, 0.717) is 12.1 Å². The van der Waals surface area contributed by atoms with E-state index in [-0.39, 0.29) is 0 Å². The summed E-state index contributed by atoms with van der Waals surface area (Å²) in [5, 5.41) is 0. The van der Waals surface area contributed by atoms with E-state index < -0.39 is 0 Å². The Hall–Kier alpha value is -0.240. The minimum atomic E-state index is 0.448. The van der Waals surface area contributed by atoms with E-state index in [4.69, 9.17) is 9.47 Å². The predicted molar refractivity (Wildman–Crippen MR) is 138 cm³/mol. The highest BCUT2D eigenvalue weighted by Gasteiger charge is 2.33. The van der Waals surface area contributed by atoms with Crippen LogP contribution in [0.5, 0.6) is 0 Å². The number of ether oxygens (including phenoxy) is 2. The number of morpholine rings is 1. The first-order chi connectivity index (χ1) is 16.0. The van der Waals surface area contributed by atoms with Crippen LogP contribution < -0.4 is 0 Å². The zero-order valence-electron chi connectivity index (χ0n) is 22.5. The number of rotatable bonds is 12. The molecule has 6 heteroatoms. The van der Waals surface area contributed by atoms with Gasteiger partial charge in [-0.25, -0.2) is 0 Å². The van der Waals surface area contributed by atoms with Crippen LogP contribution in [0.4, 0.5) is 0 Å². The topological polar surface area (TPSA) is 31.4 Å². The normalized spacial score (nSPS) is 29.7. The van der Waals surface area contributed by atoms with Crippen LogP contribution in [0.2, 0.25) is 0 Å². The maximum absolute atomic E-state index is 6.75. The lowest BCUT2D eigenvalue weighted by Crippen LogP contribution is -2.54. The molecule has 1 saturated carbocycles. The van der Waals surface area contributed by atoms with Gasteiger partial charge in [0.25, 0.3) is 0 Å². The molecule has 33 heavy (non-hydrogen) atoms. The zero-order chi connectivity index (χ0) is 23.6. The molecular weight excluding hydrogens is 412 g/mol. The van der Waals surface area contributed by atoms with E-state index in [0.717, 1.165) is 70.3 Å². The fourth-order valence-electron chi connectivity index (χ4n) is 6.16. The van der Waals surface area contributed by atoms with E-state index in [9.17, 15) is 0 Å². The van der Waals surface area contributed by atoms with Crippen molar-refractivity contribution in [2.75, 3.05) is 91.8 Å². The number of hydrogen-bond acceptors (Lipinski definition) is 6. The monoisotopic (exact) mass is 466 g/mol. The van der Waals surface area contributed by atoms with Crippen molar-refractivity contribution in [2.24, 2.45) is 17.8 Å². The van der Waals surface area contributed by atoms with E-state index in [1.165, 1.54) is 58.5 Å². The van der Waals surface area contributed by atoms with Gasteiger partial charge in [-0.2, -0.15) is 0 Å². The van der Waals surface area contributed by atoms with E-state index in [1.807, 2.05) is 0 Å². The standard InChI is InChI=1S/C27H54N4O2/c1-6-31(7-2)25(22-33-27-20-24(5)8-9-26(27)23(3)4)21-30-14-12-28(13-15-30)10-11-29-16-18-32-19-17-29/h23-27H,6-22H2,1-5H3. The fraction of sp³-hybridized carbons (Fsp3) is 1.00. The number of nitrogens with zero attached hydrogens (tertiary/aromatic N) is 4. The van der Waals surface area contributed by atoms with Crippen LogP contribution in [0.3, 0.4) is 0 Å². The first-order valence-corrected chi connectivity index (χ1v) is 14.1. The van der Waals surface area contributed by atoms with E-state index in [1.54, 1.807) is 0 Å². The Bertz CT molecular complexity index is 516. The first kappa shape index (κ1) is 27.3. The van der Waals surface area contributed by atoms with Gasteiger partial charge in [0, 0.05) is 64.9 Å². The van der Waals surface area contributed by atoms with Gasteiger partial charge in [0.05, 0.1) is 25.9 Å². The Kier molecular flexibility index (Phi) is 11.9. The molecule has 194 valence electrons. The smallest absolute Gasteiger partial charge is 0.0638 e. The molecule has 0 radical (unpaired) electrons. The summed E-state index contributed by atoms with van der Waals surface area (Å²) >= 11 is 0. The quantitative estimate of drug-likeness (QED) is 0.439. The van der Waals surface area contributed by atoms with Crippen LogP contribution in [0.15, 0.2) is 0 Å². The molecule has 0 N–H and O–H groups in total. The molecule has 2 heterocycles. The SMILES string of the molecule is CCN(CC)C(COC1CC(C)CCC1C(C)C)CN1CCN(CCN2CCOCC2)CC1. The molecule has 3 aliphatic rings. The van der Waals surface area contributed by atoms with Gasteiger partial charge in [-0.1, -0.05) is 41.0 Å². The van der Waals surface area contributed by atoms with Crippen LogP contribution >= 0.6 is 0 Å². The lowest BCUT2D eigenvalue weighted by atomic mass is 9.75. The van der Waals surface area contributed by atoms with Crippen molar-refractivity contribution >= 4 is 0 Å². The van der Waals surface area contributed by atoms with Crippen molar-refractivity contribution in [2.45, 2.75) is 66.0 Å². The largest absolute Gasteiger partial charge is 0.379 e. The molecule has 0 aromatic rings. The minimum absolute atomic E-state index is 0.448. The molecule has 0 aromatic heterocycles. The maximum atomic E-state index is 6.75. The van der Waals surface area contributed by atoms with Crippen molar-refractivity contribution in [1.82, 2.24) is 19.6 Å². The Morgan fingerprint density at radius 1 is 0.879 bits per heavy atom. The van der Waals surface area contributed by atoms with Crippen LogP contribution in [-0.2, 0) is 9.47 Å². The first-order valence-electron chi connectivity index (χ1n) is 14.1. The van der Waals surface area contributed by atoms with Gasteiger partial charge in [-0.3, -0.25) is 19.6 Å². The number of piperazine rings is 1. The second-order valence-electron chi connectivity index (χ2n) is 11.2. The number of hydrogen-bond donors (Lipinski definition) is 0. The van der Waals surface area contributed by atoms with E-state index in [2.05, 4.69) is 54.2 Å². The summed E-state index contributed by atoms with van der Waals surface area (Å²) in [4.78, 5) is 10.5. The Morgan fingerprint density at radius 2 is 1.48 bits per heavy atom. The third-order valence-electron chi connectivity index (χ3n) is 8.56. The summed E-state index contributed by atoms with van der Waals surface area (Å²) in [6, 6.07) is 0.505. The summed E-state index contributed by atoms with van der Waals surface area (Å²) in [6.07, 6.45) is 4.41. The number of likely N-dealkylation sites (N-methyl/N-ethyl adjacent to an activating group) is 1. The van der Waals surface area contributed by atoms with Crippen LogP contribution in [0.25, 0.3) is 0 Å². The third kappa shape index (κ3) is 8.73. The van der Waals surface area contributed by atoms with Gasteiger partial charge in [0.15, 0.2) is 0 Å². The highest BCUT2D eigenvalue weighted by atomic mass is 16.5. The fourth-order valence-corrected chi connectivity index (χ4v) is 6.16. The van der Waals surface area contributed by atoms with Crippen molar-refractivity contribution < 1.29 is 9.47 Å². The molecule has 4 atom stereocenters. The summed E-state index contributed by atoms with van der Waals surface area (Å²) < 4.78 is 12.2. The van der Waals surface area contributed by atoms with Crippen molar-refractivity contribution in [3.63, 3.8) is 0 Å². The summed E-state index contributed by atoms with van der Waals surface area (Å²) in [6.45, 7) is 27.2. The Morgan fingerprint density at radius 3 is 2.09 bits per heavy atom.